The third kappa shape index (κ3) is 5.91. The van der Waals surface area contributed by atoms with Crippen molar-refractivity contribution in [3.05, 3.63) is 34.6 Å². The second-order valence-electron chi connectivity index (χ2n) is 3.54. The van der Waals surface area contributed by atoms with Crippen molar-refractivity contribution in [2.45, 2.75) is 0 Å². The van der Waals surface area contributed by atoms with Crippen LogP contribution in [0.15, 0.2) is 0 Å². The van der Waals surface area contributed by atoms with Crippen molar-refractivity contribution in [2.24, 2.45) is 0 Å². The smallest absolute Gasteiger partial charge is 0.344 e. The molecule has 12 heteroatoms. The highest BCUT2D eigenvalue weighted by atomic mass is 32.2. The van der Waals surface area contributed by atoms with E-state index in [2.05, 4.69) is 4.74 Å². The Labute approximate surface area is 120 Å². The van der Waals surface area contributed by atoms with Crippen molar-refractivity contribution in [2.75, 3.05) is 19.5 Å². The first-order valence-corrected chi connectivity index (χ1v) is 6.98. The zero-order valence-electron chi connectivity index (χ0n) is 10.7. The van der Waals surface area contributed by atoms with Gasteiger partial charge in [-0.1, -0.05) is 0 Å². The molecule has 0 aliphatic carbocycles. The summed E-state index contributed by atoms with van der Waals surface area (Å²) in [5.74, 6) is -13.1. The summed E-state index contributed by atoms with van der Waals surface area (Å²) < 4.78 is 93.9. The summed E-state index contributed by atoms with van der Waals surface area (Å²) >= 11 is 0. The first kappa shape index (κ1) is 20.2. The molecule has 0 saturated carbocycles. The summed E-state index contributed by atoms with van der Waals surface area (Å²) in [7, 11) is -3.67. The largest absolute Gasteiger partial charge is 0.459 e. The van der Waals surface area contributed by atoms with Crippen molar-refractivity contribution in [3.8, 4) is 0 Å². The fraction of sp³-hybridized carbons (Fsp3) is 0.300. The normalized spacial score (nSPS) is 10.7. The number of ether oxygens (including phenoxy) is 1. The van der Waals surface area contributed by atoms with Crippen molar-refractivity contribution in [1.29, 1.82) is 0 Å². The number of rotatable bonds is 3. The van der Waals surface area contributed by atoms with E-state index in [9.17, 15) is 35.2 Å². The molecule has 22 heavy (non-hydrogen) atoms. The lowest BCUT2D eigenvalue weighted by Gasteiger charge is -2.07. The highest BCUT2D eigenvalue weighted by Crippen LogP contribution is 2.23. The summed E-state index contributed by atoms with van der Waals surface area (Å²) in [6.07, 6.45) is 0.715. The van der Waals surface area contributed by atoms with Gasteiger partial charge in [-0.15, -0.1) is 0 Å². The molecule has 1 rings (SSSR count). The van der Waals surface area contributed by atoms with Gasteiger partial charge in [-0.25, -0.2) is 26.7 Å². The topological polar surface area (TPSA) is 101 Å². The average molecular weight is 352 g/mol. The van der Waals surface area contributed by atoms with E-state index < -0.39 is 64.0 Å². The minimum atomic E-state index is -3.67. The number of benzene rings is 1. The Bertz CT molecular complexity index is 623. The standard InChI is InChI=1S/C9H5F5O3.CH4O3S/c10-4-3(9(16)17-2-1-15)5(11)7(13)8(14)6(4)12;1-5(2,3)4/h15H,1-2H2;1H3,(H,2,3,4). The number of hydrogen-bond acceptors (Lipinski definition) is 5. The van der Waals surface area contributed by atoms with Gasteiger partial charge < -0.3 is 9.84 Å². The predicted molar refractivity (Wildman–Crippen MR) is 61.1 cm³/mol. The van der Waals surface area contributed by atoms with Crippen molar-refractivity contribution in [1.82, 2.24) is 0 Å². The van der Waals surface area contributed by atoms with Gasteiger partial charge in [-0.3, -0.25) is 4.55 Å². The van der Waals surface area contributed by atoms with Crippen LogP contribution in [-0.4, -0.2) is 43.5 Å². The van der Waals surface area contributed by atoms with E-state index in [1.807, 2.05) is 0 Å². The minimum absolute atomic E-state index is 0.627. The number of esters is 1. The first-order valence-electron chi connectivity index (χ1n) is 5.13. The van der Waals surface area contributed by atoms with E-state index in [0.717, 1.165) is 0 Å². The molecule has 0 fully saturated rings. The molecule has 0 aliphatic heterocycles. The molecular weight excluding hydrogens is 343 g/mol. The molecule has 0 atom stereocenters. The molecule has 0 saturated heterocycles. The maximum Gasteiger partial charge on any atom is 0.344 e. The molecule has 1 aromatic rings. The molecule has 0 unspecified atom stereocenters. The maximum absolute atomic E-state index is 13.0. The SMILES string of the molecule is CS(=O)(=O)O.O=C(OCCO)c1c(F)c(F)c(F)c(F)c1F. The lowest BCUT2D eigenvalue weighted by atomic mass is 10.1. The van der Waals surface area contributed by atoms with Gasteiger partial charge in [0.1, 0.15) is 12.2 Å². The van der Waals surface area contributed by atoms with E-state index in [-0.39, 0.29) is 0 Å². The molecule has 0 bridgehead atoms. The molecule has 0 aromatic heterocycles. The molecule has 6 nitrogen and oxygen atoms in total. The fourth-order valence-electron chi connectivity index (χ4n) is 0.995. The van der Waals surface area contributed by atoms with Gasteiger partial charge in [0.25, 0.3) is 10.1 Å². The Morgan fingerprint density at radius 1 is 1.00 bits per heavy atom. The quantitative estimate of drug-likeness (QED) is 0.277. The molecule has 0 amide bonds. The minimum Gasteiger partial charge on any atom is -0.459 e. The van der Waals surface area contributed by atoms with Crippen LogP contribution in [-0.2, 0) is 14.9 Å². The second-order valence-corrected chi connectivity index (χ2v) is 5.00. The molecule has 2 N–H and O–H groups in total. The summed E-state index contributed by atoms with van der Waals surface area (Å²) in [6.45, 7) is -1.28. The Morgan fingerprint density at radius 3 is 1.64 bits per heavy atom. The molecule has 0 spiro atoms. The number of aliphatic hydroxyl groups excluding tert-OH is 1. The van der Waals surface area contributed by atoms with Crippen LogP contribution in [0.25, 0.3) is 0 Å². The van der Waals surface area contributed by atoms with Crippen molar-refractivity contribution in [3.63, 3.8) is 0 Å². The van der Waals surface area contributed by atoms with E-state index in [4.69, 9.17) is 9.66 Å². The van der Waals surface area contributed by atoms with Crippen LogP contribution in [0.4, 0.5) is 22.0 Å². The van der Waals surface area contributed by atoms with E-state index >= 15 is 0 Å². The third-order valence-electron chi connectivity index (χ3n) is 1.74. The Kier molecular flexibility index (Phi) is 7.35. The maximum atomic E-state index is 13.0. The van der Waals surface area contributed by atoms with Gasteiger partial charge in [0.2, 0.25) is 5.82 Å². The van der Waals surface area contributed by atoms with E-state index in [1.165, 1.54) is 0 Å². The molecule has 0 radical (unpaired) electrons. The van der Waals surface area contributed by atoms with Crippen LogP contribution in [0.2, 0.25) is 0 Å². The van der Waals surface area contributed by atoms with Gasteiger partial charge in [0, 0.05) is 0 Å². The Morgan fingerprint density at radius 2 is 1.32 bits per heavy atom. The molecule has 0 heterocycles. The summed E-state index contributed by atoms with van der Waals surface area (Å²) in [6, 6.07) is 0. The monoisotopic (exact) mass is 352 g/mol. The van der Waals surface area contributed by atoms with Crippen molar-refractivity contribution < 1.29 is 49.6 Å². The zero-order chi connectivity index (χ0) is 17.7. The van der Waals surface area contributed by atoms with Gasteiger partial charge in [-0.05, 0) is 0 Å². The lowest BCUT2D eigenvalue weighted by Crippen LogP contribution is -2.16. The van der Waals surface area contributed by atoms with E-state index in [1.54, 1.807) is 0 Å². The van der Waals surface area contributed by atoms with E-state index in [0.29, 0.717) is 6.26 Å². The number of carbonyl (C=O) groups excluding carboxylic acids is 1. The summed E-state index contributed by atoms with van der Waals surface area (Å²) in [5, 5.41) is 8.28. The van der Waals surface area contributed by atoms with Crippen LogP contribution in [0.5, 0.6) is 0 Å². The van der Waals surface area contributed by atoms with Gasteiger partial charge in [0.05, 0.1) is 12.9 Å². The predicted octanol–water partition coefficient (Wildman–Crippen LogP) is 1.04. The zero-order valence-corrected chi connectivity index (χ0v) is 11.6. The van der Waals surface area contributed by atoms with Crippen LogP contribution in [0, 0.1) is 29.1 Å². The number of aliphatic hydroxyl groups is 1. The molecule has 0 aliphatic rings. The Hall–Kier alpha value is -1.79. The Balaban J connectivity index is 0.000000763. The lowest BCUT2D eigenvalue weighted by molar-refractivity contribution is 0.0419. The highest BCUT2D eigenvalue weighted by Gasteiger charge is 2.30. The number of hydrogen-bond donors (Lipinski definition) is 2. The molecular formula is C10H9F5O6S. The van der Waals surface area contributed by atoms with Crippen LogP contribution in [0.1, 0.15) is 10.4 Å². The summed E-state index contributed by atoms with van der Waals surface area (Å²) in [4.78, 5) is 11.0. The van der Waals surface area contributed by atoms with Crippen LogP contribution >= 0.6 is 0 Å². The highest BCUT2D eigenvalue weighted by molar-refractivity contribution is 7.85. The van der Waals surface area contributed by atoms with Crippen LogP contribution in [0.3, 0.4) is 0 Å². The second kappa shape index (κ2) is 8.00. The molecule has 1 aromatic carbocycles. The first-order chi connectivity index (χ1) is 9.91. The van der Waals surface area contributed by atoms with Crippen molar-refractivity contribution >= 4 is 16.1 Å². The number of halogens is 5. The molecule has 126 valence electrons. The van der Waals surface area contributed by atoms with Gasteiger partial charge in [-0.2, -0.15) is 8.42 Å². The fourth-order valence-corrected chi connectivity index (χ4v) is 0.995. The van der Waals surface area contributed by atoms with Gasteiger partial charge in [0.15, 0.2) is 23.3 Å². The van der Waals surface area contributed by atoms with Gasteiger partial charge >= 0.3 is 5.97 Å². The average Bonchev–Trinajstić information content (AvgIpc) is 2.39. The number of carbonyl (C=O) groups is 1. The summed E-state index contributed by atoms with van der Waals surface area (Å²) in [5.41, 5.74) is -1.69. The van der Waals surface area contributed by atoms with Crippen LogP contribution < -0.4 is 0 Å². The third-order valence-corrected chi connectivity index (χ3v) is 1.74.